The number of hydrogen-bond donors (Lipinski definition) is 2. The van der Waals surface area contributed by atoms with Crippen LogP contribution in [0, 0.1) is 13.8 Å². The number of aromatic nitrogens is 2. The van der Waals surface area contributed by atoms with Crippen LogP contribution < -0.4 is 5.73 Å². The maximum absolute atomic E-state index is 8.78. The van der Waals surface area contributed by atoms with Crippen molar-refractivity contribution in [2.24, 2.45) is 0 Å². The topological polar surface area (TPSA) is 72.0 Å². The van der Waals surface area contributed by atoms with E-state index in [-0.39, 0.29) is 6.61 Å². The summed E-state index contributed by atoms with van der Waals surface area (Å²) in [6.07, 6.45) is 5.03. The first-order valence-electron chi connectivity index (χ1n) is 7.26. The van der Waals surface area contributed by atoms with Gasteiger partial charge in [-0.05, 0) is 44.2 Å². The van der Waals surface area contributed by atoms with Crippen LogP contribution in [0.15, 0.2) is 12.1 Å². The Balaban J connectivity index is 2.22. The van der Waals surface area contributed by atoms with Gasteiger partial charge in [-0.3, -0.25) is 0 Å². The van der Waals surface area contributed by atoms with Gasteiger partial charge in [0.05, 0.1) is 11.2 Å². The smallest absolute Gasteiger partial charge is 0.220 e. The molecule has 0 aliphatic carbocycles. The summed E-state index contributed by atoms with van der Waals surface area (Å²) in [7, 11) is 0. The summed E-state index contributed by atoms with van der Waals surface area (Å²) in [6, 6.07) is 4.21. The van der Waals surface area contributed by atoms with E-state index in [1.807, 2.05) is 0 Å². The number of rotatable bonds is 6. The van der Waals surface area contributed by atoms with Crippen LogP contribution in [0.25, 0.3) is 10.9 Å². The molecule has 0 spiro atoms. The molecule has 2 aromatic rings. The van der Waals surface area contributed by atoms with Crippen molar-refractivity contribution in [1.29, 1.82) is 0 Å². The van der Waals surface area contributed by atoms with Crippen LogP contribution in [0.5, 0.6) is 0 Å². The Morgan fingerprint density at radius 2 is 1.80 bits per heavy atom. The van der Waals surface area contributed by atoms with Gasteiger partial charge in [-0.2, -0.15) is 0 Å². The van der Waals surface area contributed by atoms with Gasteiger partial charge >= 0.3 is 0 Å². The number of benzene rings is 1. The minimum absolute atomic E-state index is 0.280. The Kier molecular flexibility index (Phi) is 4.90. The van der Waals surface area contributed by atoms with Crippen LogP contribution in [0.4, 0.5) is 5.95 Å². The molecule has 0 radical (unpaired) electrons. The maximum atomic E-state index is 8.78. The highest BCUT2D eigenvalue weighted by molar-refractivity contribution is 5.85. The number of nitrogens with zero attached hydrogens (tertiary/aromatic N) is 2. The molecule has 108 valence electrons. The van der Waals surface area contributed by atoms with E-state index in [1.54, 1.807) is 0 Å². The molecule has 0 amide bonds. The SMILES string of the molecule is Cc1ccc2c(CCCCCCO)nc(N)nc2c1C. The maximum Gasteiger partial charge on any atom is 0.220 e. The molecule has 0 bridgehead atoms. The largest absolute Gasteiger partial charge is 0.396 e. The second-order valence-corrected chi connectivity index (χ2v) is 5.32. The Bertz CT molecular complexity index is 596. The first-order chi connectivity index (χ1) is 9.63. The van der Waals surface area contributed by atoms with Crippen LogP contribution in [-0.4, -0.2) is 21.7 Å². The fraction of sp³-hybridized carbons (Fsp3) is 0.500. The second-order valence-electron chi connectivity index (χ2n) is 5.32. The zero-order chi connectivity index (χ0) is 14.5. The molecule has 0 aliphatic rings. The zero-order valence-corrected chi connectivity index (χ0v) is 12.3. The minimum atomic E-state index is 0.280. The number of unbranched alkanes of at least 4 members (excludes halogenated alkanes) is 3. The average molecular weight is 273 g/mol. The van der Waals surface area contributed by atoms with E-state index < -0.39 is 0 Å². The molecule has 1 aromatic carbocycles. The fourth-order valence-corrected chi connectivity index (χ4v) is 2.46. The lowest BCUT2D eigenvalue weighted by atomic mass is 10.0. The number of fused-ring (bicyclic) bond motifs is 1. The molecule has 3 N–H and O–H groups in total. The highest BCUT2D eigenvalue weighted by atomic mass is 16.2. The Hall–Kier alpha value is -1.68. The predicted molar refractivity (Wildman–Crippen MR) is 82.7 cm³/mol. The van der Waals surface area contributed by atoms with Crippen molar-refractivity contribution in [3.63, 3.8) is 0 Å². The van der Waals surface area contributed by atoms with Crippen molar-refractivity contribution < 1.29 is 5.11 Å². The van der Waals surface area contributed by atoms with Crippen LogP contribution >= 0.6 is 0 Å². The number of anilines is 1. The summed E-state index contributed by atoms with van der Waals surface area (Å²) < 4.78 is 0. The van der Waals surface area contributed by atoms with Gasteiger partial charge in [0.1, 0.15) is 0 Å². The fourth-order valence-electron chi connectivity index (χ4n) is 2.46. The summed E-state index contributed by atoms with van der Waals surface area (Å²) in [5.41, 5.74) is 10.3. The molecule has 0 atom stereocenters. The first-order valence-corrected chi connectivity index (χ1v) is 7.26. The number of aryl methyl sites for hydroxylation is 3. The van der Waals surface area contributed by atoms with Crippen molar-refractivity contribution in [2.75, 3.05) is 12.3 Å². The summed E-state index contributed by atoms with van der Waals surface area (Å²) in [5, 5.41) is 9.89. The third-order valence-corrected chi connectivity index (χ3v) is 3.81. The average Bonchev–Trinajstić information content (AvgIpc) is 2.43. The van der Waals surface area contributed by atoms with Crippen molar-refractivity contribution in [3.05, 3.63) is 29.0 Å². The van der Waals surface area contributed by atoms with Gasteiger partial charge < -0.3 is 10.8 Å². The zero-order valence-electron chi connectivity index (χ0n) is 12.3. The summed E-state index contributed by atoms with van der Waals surface area (Å²) in [5.74, 6) is 0.358. The van der Waals surface area contributed by atoms with E-state index in [0.29, 0.717) is 5.95 Å². The van der Waals surface area contributed by atoms with Crippen molar-refractivity contribution >= 4 is 16.9 Å². The monoisotopic (exact) mass is 273 g/mol. The quantitative estimate of drug-likeness (QED) is 0.794. The lowest BCUT2D eigenvalue weighted by Gasteiger charge is -2.10. The molecular formula is C16H23N3O. The highest BCUT2D eigenvalue weighted by Gasteiger charge is 2.09. The van der Waals surface area contributed by atoms with Crippen molar-refractivity contribution in [2.45, 2.75) is 46.0 Å². The van der Waals surface area contributed by atoms with Crippen LogP contribution in [-0.2, 0) is 6.42 Å². The summed E-state index contributed by atoms with van der Waals surface area (Å²) in [6.45, 7) is 4.44. The summed E-state index contributed by atoms with van der Waals surface area (Å²) in [4.78, 5) is 8.80. The Morgan fingerprint density at radius 3 is 2.55 bits per heavy atom. The van der Waals surface area contributed by atoms with Gasteiger partial charge in [0.15, 0.2) is 0 Å². The van der Waals surface area contributed by atoms with Crippen molar-refractivity contribution in [3.8, 4) is 0 Å². The van der Waals surface area contributed by atoms with Gasteiger partial charge in [-0.1, -0.05) is 25.0 Å². The van der Waals surface area contributed by atoms with E-state index in [4.69, 9.17) is 10.8 Å². The number of nitrogens with two attached hydrogens (primary N) is 1. The van der Waals surface area contributed by atoms with Gasteiger partial charge in [-0.25, -0.2) is 9.97 Å². The lowest BCUT2D eigenvalue weighted by Crippen LogP contribution is -2.03. The van der Waals surface area contributed by atoms with E-state index in [2.05, 4.69) is 35.9 Å². The van der Waals surface area contributed by atoms with Crippen LogP contribution in [0.2, 0.25) is 0 Å². The molecule has 0 saturated heterocycles. The third-order valence-electron chi connectivity index (χ3n) is 3.81. The van der Waals surface area contributed by atoms with Gasteiger partial charge in [0, 0.05) is 12.0 Å². The van der Waals surface area contributed by atoms with Crippen molar-refractivity contribution in [1.82, 2.24) is 9.97 Å². The molecule has 0 saturated carbocycles. The third kappa shape index (κ3) is 3.25. The summed E-state index contributed by atoms with van der Waals surface area (Å²) >= 11 is 0. The van der Waals surface area contributed by atoms with Gasteiger partial charge in [-0.15, -0.1) is 0 Å². The van der Waals surface area contributed by atoms with Crippen LogP contribution in [0.1, 0.15) is 42.5 Å². The predicted octanol–water partition coefficient (Wildman–Crippen LogP) is 2.92. The molecule has 2 rings (SSSR count). The number of nitrogen functional groups attached to an aromatic ring is 1. The molecule has 1 heterocycles. The Labute approximate surface area is 120 Å². The number of aliphatic hydroxyl groups excluding tert-OH is 1. The highest BCUT2D eigenvalue weighted by Crippen LogP contribution is 2.24. The van der Waals surface area contributed by atoms with Gasteiger partial charge in [0.25, 0.3) is 0 Å². The van der Waals surface area contributed by atoms with E-state index in [1.165, 1.54) is 11.1 Å². The molecule has 20 heavy (non-hydrogen) atoms. The number of aliphatic hydroxyl groups is 1. The lowest BCUT2D eigenvalue weighted by molar-refractivity contribution is 0.282. The Morgan fingerprint density at radius 1 is 1.05 bits per heavy atom. The normalized spacial score (nSPS) is 11.2. The molecular weight excluding hydrogens is 250 g/mol. The van der Waals surface area contributed by atoms with E-state index >= 15 is 0 Å². The molecule has 4 heteroatoms. The minimum Gasteiger partial charge on any atom is -0.396 e. The molecule has 1 aromatic heterocycles. The van der Waals surface area contributed by atoms with Gasteiger partial charge in [0.2, 0.25) is 5.95 Å². The van der Waals surface area contributed by atoms with Crippen LogP contribution in [0.3, 0.4) is 0 Å². The van der Waals surface area contributed by atoms with E-state index in [9.17, 15) is 0 Å². The molecule has 0 aliphatic heterocycles. The molecule has 4 nitrogen and oxygen atoms in total. The second kappa shape index (κ2) is 6.66. The standard InChI is InChI=1S/C16H23N3O/c1-11-8-9-13-14(7-5-3-4-6-10-20)18-16(17)19-15(13)12(11)2/h8-9,20H,3-7,10H2,1-2H3,(H2,17,18,19). The van der Waals surface area contributed by atoms with E-state index in [0.717, 1.165) is 48.7 Å². The number of hydrogen-bond acceptors (Lipinski definition) is 4. The molecule has 0 unspecified atom stereocenters. The first kappa shape index (κ1) is 14.7. The molecule has 0 fully saturated rings.